The first-order chi connectivity index (χ1) is 9.57. The Morgan fingerprint density at radius 3 is 2.24 bits per heavy atom. The molecule has 0 unspecified atom stereocenters. The standard InChI is InChI=1S/C12H12F3N3O2S/c1-21(19,20)9-4-2-8(3-5-9)6-18-7-10(16)11(17-18)12(13,14)15/h2-5,7H,6,16H2,1H3. The molecule has 21 heavy (non-hydrogen) atoms. The number of alkyl halides is 3. The maximum atomic E-state index is 12.6. The average Bonchev–Trinajstić information content (AvgIpc) is 2.69. The van der Waals surface area contributed by atoms with Gasteiger partial charge in [0.25, 0.3) is 0 Å². The highest BCUT2D eigenvalue weighted by Gasteiger charge is 2.36. The molecule has 0 spiro atoms. The Bertz CT molecular complexity index is 749. The first-order valence-electron chi connectivity index (χ1n) is 5.76. The van der Waals surface area contributed by atoms with Crippen molar-refractivity contribution >= 4 is 15.5 Å². The zero-order chi connectivity index (χ0) is 15.8. The Kier molecular flexibility index (Phi) is 3.70. The summed E-state index contributed by atoms with van der Waals surface area (Å²) in [5.74, 6) is 0. The van der Waals surface area contributed by atoms with Crippen molar-refractivity contribution < 1.29 is 21.6 Å². The molecule has 2 aromatic rings. The van der Waals surface area contributed by atoms with Crippen LogP contribution in [-0.4, -0.2) is 24.5 Å². The van der Waals surface area contributed by atoms with Crippen molar-refractivity contribution in [2.75, 3.05) is 12.0 Å². The first-order valence-corrected chi connectivity index (χ1v) is 7.65. The minimum atomic E-state index is -4.60. The van der Waals surface area contributed by atoms with Gasteiger partial charge in [0, 0.05) is 12.5 Å². The molecule has 0 bridgehead atoms. The average molecular weight is 319 g/mol. The van der Waals surface area contributed by atoms with E-state index in [2.05, 4.69) is 5.10 Å². The quantitative estimate of drug-likeness (QED) is 0.938. The van der Waals surface area contributed by atoms with Gasteiger partial charge in [-0.3, -0.25) is 4.68 Å². The minimum Gasteiger partial charge on any atom is -0.396 e. The van der Waals surface area contributed by atoms with Crippen LogP contribution in [-0.2, 0) is 22.6 Å². The van der Waals surface area contributed by atoms with Crippen LogP contribution in [0.5, 0.6) is 0 Å². The number of sulfone groups is 1. The highest BCUT2D eigenvalue weighted by Crippen LogP contribution is 2.32. The van der Waals surface area contributed by atoms with Gasteiger partial charge in [-0.1, -0.05) is 12.1 Å². The third kappa shape index (κ3) is 3.54. The Morgan fingerprint density at radius 1 is 1.24 bits per heavy atom. The number of benzene rings is 1. The predicted octanol–water partition coefficient (Wildman–Crippen LogP) is 1.94. The van der Waals surface area contributed by atoms with Gasteiger partial charge in [0.2, 0.25) is 0 Å². The fourth-order valence-corrected chi connectivity index (χ4v) is 2.40. The van der Waals surface area contributed by atoms with E-state index in [9.17, 15) is 21.6 Å². The van der Waals surface area contributed by atoms with Crippen LogP contribution in [0.2, 0.25) is 0 Å². The second-order valence-electron chi connectivity index (χ2n) is 4.54. The van der Waals surface area contributed by atoms with Gasteiger partial charge in [0.15, 0.2) is 15.5 Å². The summed E-state index contributed by atoms with van der Waals surface area (Å²) in [5.41, 5.74) is 4.31. The van der Waals surface area contributed by atoms with Gasteiger partial charge in [-0.15, -0.1) is 0 Å². The molecular weight excluding hydrogens is 307 g/mol. The van der Waals surface area contributed by atoms with E-state index >= 15 is 0 Å². The van der Waals surface area contributed by atoms with E-state index in [1.165, 1.54) is 24.3 Å². The minimum absolute atomic E-state index is 0.0598. The fourth-order valence-electron chi connectivity index (χ4n) is 1.77. The monoisotopic (exact) mass is 319 g/mol. The second kappa shape index (κ2) is 5.06. The molecule has 5 nitrogen and oxygen atoms in total. The molecule has 2 rings (SSSR count). The summed E-state index contributed by atoms with van der Waals surface area (Å²) in [6.45, 7) is 0.0598. The molecule has 0 atom stereocenters. The van der Waals surface area contributed by atoms with Crippen LogP contribution in [0.25, 0.3) is 0 Å². The molecule has 0 saturated carbocycles. The number of hydrogen-bond donors (Lipinski definition) is 1. The van der Waals surface area contributed by atoms with Crippen LogP contribution in [0, 0.1) is 0 Å². The lowest BCUT2D eigenvalue weighted by Crippen LogP contribution is -2.10. The van der Waals surface area contributed by atoms with Crippen molar-refractivity contribution in [3.63, 3.8) is 0 Å². The number of nitrogen functional groups attached to an aromatic ring is 1. The number of rotatable bonds is 3. The van der Waals surface area contributed by atoms with E-state index < -0.39 is 27.4 Å². The van der Waals surface area contributed by atoms with Gasteiger partial charge in [0.1, 0.15) is 0 Å². The summed E-state index contributed by atoms with van der Waals surface area (Å²) in [7, 11) is -3.31. The lowest BCUT2D eigenvalue weighted by Gasteiger charge is -2.04. The summed E-state index contributed by atoms with van der Waals surface area (Å²) in [5, 5.41) is 3.40. The number of anilines is 1. The molecule has 0 aliphatic carbocycles. The Labute approximate surface area is 119 Å². The van der Waals surface area contributed by atoms with Crippen LogP contribution in [0.15, 0.2) is 35.4 Å². The van der Waals surface area contributed by atoms with E-state index in [1.807, 2.05) is 0 Å². The summed E-state index contributed by atoms with van der Waals surface area (Å²) in [4.78, 5) is 0.141. The van der Waals surface area contributed by atoms with Crippen LogP contribution >= 0.6 is 0 Å². The smallest absolute Gasteiger partial charge is 0.396 e. The third-order valence-electron chi connectivity index (χ3n) is 2.75. The third-order valence-corrected chi connectivity index (χ3v) is 3.88. The predicted molar refractivity (Wildman–Crippen MR) is 70.3 cm³/mol. The number of nitrogens with zero attached hydrogens (tertiary/aromatic N) is 2. The lowest BCUT2D eigenvalue weighted by atomic mass is 10.2. The molecule has 1 aromatic heterocycles. The largest absolute Gasteiger partial charge is 0.437 e. The van der Waals surface area contributed by atoms with E-state index in [0.717, 1.165) is 17.1 Å². The first kappa shape index (κ1) is 15.4. The van der Waals surface area contributed by atoms with Crippen molar-refractivity contribution in [1.82, 2.24) is 9.78 Å². The van der Waals surface area contributed by atoms with Crippen molar-refractivity contribution in [3.05, 3.63) is 41.7 Å². The topological polar surface area (TPSA) is 78.0 Å². The van der Waals surface area contributed by atoms with Crippen molar-refractivity contribution in [2.24, 2.45) is 0 Å². The van der Waals surface area contributed by atoms with Gasteiger partial charge in [-0.25, -0.2) is 8.42 Å². The lowest BCUT2D eigenvalue weighted by molar-refractivity contribution is -0.140. The van der Waals surface area contributed by atoms with E-state index in [1.54, 1.807) is 0 Å². The normalized spacial score (nSPS) is 12.6. The van der Waals surface area contributed by atoms with Gasteiger partial charge in [0.05, 0.1) is 17.1 Å². The maximum absolute atomic E-state index is 12.6. The molecular formula is C12H12F3N3O2S. The molecule has 0 aliphatic heterocycles. The van der Waals surface area contributed by atoms with Gasteiger partial charge >= 0.3 is 6.18 Å². The van der Waals surface area contributed by atoms with Crippen LogP contribution < -0.4 is 5.73 Å². The van der Waals surface area contributed by atoms with Crippen LogP contribution in [0.3, 0.4) is 0 Å². The summed E-state index contributed by atoms with van der Waals surface area (Å²) < 4.78 is 61.4. The molecule has 0 amide bonds. The number of nitrogens with two attached hydrogens (primary N) is 1. The summed E-state index contributed by atoms with van der Waals surface area (Å²) >= 11 is 0. The van der Waals surface area contributed by atoms with Crippen molar-refractivity contribution in [2.45, 2.75) is 17.6 Å². The fraction of sp³-hybridized carbons (Fsp3) is 0.250. The number of aromatic nitrogens is 2. The number of hydrogen-bond acceptors (Lipinski definition) is 4. The summed E-state index contributed by atoms with van der Waals surface area (Å²) in [6, 6.07) is 5.81. The van der Waals surface area contributed by atoms with Crippen molar-refractivity contribution in [3.8, 4) is 0 Å². The van der Waals surface area contributed by atoms with Crippen LogP contribution in [0.1, 0.15) is 11.3 Å². The highest BCUT2D eigenvalue weighted by atomic mass is 32.2. The second-order valence-corrected chi connectivity index (χ2v) is 6.56. The zero-order valence-corrected chi connectivity index (χ0v) is 11.7. The molecule has 1 heterocycles. The maximum Gasteiger partial charge on any atom is 0.437 e. The van der Waals surface area contributed by atoms with Gasteiger partial charge in [-0.05, 0) is 17.7 Å². The SMILES string of the molecule is CS(=O)(=O)c1ccc(Cn2cc(N)c(C(F)(F)F)n2)cc1. The number of halogens is 3. The zero-order valence-electron chi connectivity index (χ0n) is 10.9. The highest BCUT2D eigenvalue weighted by molar-refractivity contribution is 7.90. The summed E-state index contributed by atoms with van der Waals surface area (Å²) in [6.07, 6.45) is -2.44. The molecule has 0 radical (unpaired) electrons. The van der Waals surface area contributed by atoms with Crippen LogP contribution in [0.4, 0.5) is 18.9 Å². The molecule has 0 fully saturated rings. The van der Waals surface area contributed by atoms with Gasteiger partial charge < -0.3 is 5.73 Å². The molecule has 0 aliphatic rings. The Morgan fingerprint density at radius 2 is 1.81 bits per heavy atom. The molecule has 114 valence electrons. The van der Waals surface area contributed by atoms with E-state index in [0.29, 0.717) is 5.56 Å². The van der Waals surface area contributed by atoms with E-state index in [-0.39, 0.29) is 11.4 Å². The van der Waals surface area contributed by atoms with E-state index in [4.69, 9.17) is 5.73 Å². The molecule has 9 heteroatoms. The molecule has 1 aromatic carbocycles. The van der Waals surface area contributed by atoms with Gasteiger partial charge in [-0.2, -0.15) is 18.3 Å². The Balaban J connectivity index is 2.23. The van der Waals surface area contributed by atoms with Crippen molar-refractivity contribution in [1.29, 1.82) is 0 Å². The molecule has 2 N–H and O–H groups in total. The Hall–Kier alpha value is -2.03. The molecule has 0 saturated heterocycles.